The molecule has 12 heteroatoms. The molecule has 3 aromatic rings. The van der Waals surface area contributed by atoms with E-state index in [2.05, 4.69) is 25.6 Å². The van der Waals surface area contributed by atoms with Gasteiger partial charge in [0.15, 0.2) is 16.6 Å². The third-order valence-corrected chi connectivity index (χ3v) is 6.39. The van der Waals surface area contributed by atoms with Gasteiger partial charge < -0.3 is 21.1 Å². The number of fused-ring (bicyclic) bond motifs is 1. The number of nitrogens with one attached hydrogen (secondary N) is 2. The predicted molar refractivity (Wildman–Crippen MR) is 124 cm³/mol. The lowest BCUT2D eigenvalue weighted by Gasteiger charge is -2.21. The Labute approximate surface area is 190 Å². The Kier molecular flexibility index (Phi) is 6.84. The van der Waals surface area contributed by atoms with E-state index in [0.29, 0.717) is 10.3 Å². The Bertz CT molecular complexity index is 1210. The number of benzene rings is 1. The molecular weight excluding hydrogens is 452 g/mol. The molecule has 0 fully saturated rings. The van der Waals surface area contributed by atoms with Gasteiger partial charge >= 0.3 is 6.09 Å². The number of hydrogen-bond acceptors (Lipinski definition) is 10. The molecule has 3 rings (SSSR count). The van der Waals surface area contributed by atoms with Crippen molar-refractivity contribution in [2.24, 2.45) is 0 Å². The lowest BCUT2D eigenvalue weighted by molar-refractivity contribution is 0.0526. The quantitative estimate of drug-likeness (QED) is 0.436. The number of alkyl carbamates (subject to hydrolysis) is 1. The minimum atomic E-state index is -3.83. The summed E-state index contributed by atoms with van der Waals surface area (Å²) < 4.78 is 31.7. The lowest BCUT2D eigenvalue weighted by atomic mass is 10.2. The average molecular weight is 479 g/mol. The summed E-state index contributed by atoms with van der Waals surface area (Å²) in [5, 5.41) is 5.70. The molecule has 0 aliphatic heterocycles. The maximum atomic E-state index is 13.0. The maximum absolute atomic E-state index is 13.0. The molecule has 0 saturated heterocycles. The topological polar surface area (TPSA) is 149 Å². The zero-order valence-corrected chi connectivity index (χ0v) is 19.9. The van der Waals surface area contributed by atoms with E-state index in [1.165, 1.54) is 0 Å². The van der Waals surface area contributed by atoms with Crippen LogP contribution in [0.3, 0.4) is 0 Å². The SMILES string of the molecule is C[C@H](CNC(=O)OC(C)(C)C)Nc1nc(S(=O)(=O)Cc2ccccc2)nc2nc(N)sc12. The molecule has 172 valence electrons. The highest BCUT2D eigenvalue weighted by Gasteiger charge is 2.24. The van der Waals surface area contributed by atoms with Crippen molar-refractivity contribution in [3.05, 3.63) is 35.9 Å². The van der Waals surface area contributed by atoms with Crippen LogP contribution in [0.5, 0.6) is 0 Å². The molecule has 0 aliphatic rings. The van der Waals surface area contributed by atoms with Crippen LogP contribution in [0.1, 0.15) is 33.3 Å². The highest BCUT2D eigenvalue weighted by atomic mass is 32.2. The van der Waals surface area contributed by atoms with Crippen molar-refractivity contribution in [3.8, 4) is 0 Å². The second-order valence-corrected chi connectivity index (χ2v) is 11.1. The van der Waals surface area contributed by atoms with Gasteiger partial charge in [0.2, 0.25) is 9.84 Å². The van der Waals surface area contributed by atoms with Crippen LogP contribution in [0.2, 0.25) is 0 Å². The number of amides is 1. The number of nitrogens with two attached hydrogens (primary N) is 1. The summed E-state index contributed by atoms with van der Waals surface area (Å²) in [5.74, 6) is 0.0445. The first-order chi connectivity index (χ1) is 14.9. The van der Waals surface area contributed by atoms with E-state index < -0.39 is 21.5 Å². The molecule has 1 aromatic carbocycles. The standard InChI is InChI=1S/C20H26N6O4S2/c1-12(10-22-19(27)30-20(2,3)4)23-15-14-16(24-17(21)31-14)26-18(25-15)32(28,29)11-13-8-6-5-7-9-13/h5-9,12H,10-11H2,1-4H3,(H,22,27)(H3,21,23,24,25,26)/t12-/m1/s1. The van der Waals surface area contributed by atoms with Gasteiger partial charge in [0.25, 0.3) is 5.16 Å². The van der Waals surface area contributed by atoms with Gasteiger partial charge in [-0.25, -0.2) is 18.2 Å². The van der Waals surface area contributed by atoms with Crippen molar-refractivity contribution < 1.29 is 17.9 Å². The third-order valence-electron chi connectivity index (χ3n) is 4.06. The molecule has 4 N–H and O–H groups in total. The monoisotopic (exact) mass is 478 g/mol. The summed E-state index contributed by atoms with van der Waals surface area (Å²) in [6.45, 7) is 7.36. The highest BCUT2D eigenvalue weighted by Crippen LogP contribution is 2.30. The van der Waals surface area contributed by atoms with Crippen LogP contribution in [0.25, 0.3) is 10.3 Å². The van der Waals surface area contributed by atoms with Crippen LogP contribution < -0.4 is 16.4 Å². The normalized spacial score (nSPS) is 13.0. The Morgan fingerprint density at radius 3 is 2.53 bits per heavy atom. The summed E-state index contributed by atoms with van der Waals surface area (Å²) in [4.78, 5) is 24.4. The van der Waals surface area contributed by atoms with Crippen molar-refractivity contribution in [1.29, 1.82) is 0 Å². The molecule has 0 bridgehead atoms. The maximum Gasteiger partial charge on any atom is 0.407 e. The smallest absolute Gasteiger partial charge is 0.407 e. The van der Waals surface area contributed by atoms with E-state index in [9.17, 15) is 13.2 Å². The summed E-state index contributed by atoms with van der Waals surface area (Å²) in [6.07, 6.45) is -0.549. The fourth-order valence-corrected chi connectivity index (χ4v) is 4.69. The van der Waals surface area contributed by atoms with Crippen molar-refractivity contribution in [2.75, 3.05) is 17.6 Å². The first-order valence-corrected chi connectivity index (χ1v) is 12.3. The van der Waals surface area contributed by atoms with Crippen molar-refractivity contribution in [2.45, 2.75) is 50.2 Å². The van der Waals surface area contributed by atoms with Crippen LogP contribution in [0.4, 0.5) is 15.7 Å². The number of sulfone groups is 1. The van der Waals surface area contributed by atoms with Gasteiger partial charge in [0.1, 0.15) is 10.3 Å². The van der Waals surface area contributed by atoms with Gasteiger partial charge in [-0.3, -0.25) is 0 Å². The fourth-order valence-electron chi connectivity index (χ4n) is 2.75. The molecule has 0 spiro atoms. The molecule has 2 heterocycles. The van der Waals surface area contributed by atoms with Gasteiger partial charge in [-0.05, 0) is 33.3 Å². The molecule has 32 heavy (non-hydrogen) atoms. The zero-order valence-electron chi connectivity index (χ0n) is 18.2. The second-order valence-electron chi connectivity index (χ2n) is 8.23. The number of nitrogens with zero attached hydrogens (tertiary/aromatic N) is 3. The average Bonchev–Trinajstić information content (AvgIpc) is 3.06. The van der Waals surface area contributed by atoms with Crippen LogP contribution in [0, 0.1) is 0 Å². The number of thiazole rings is 1. The van der Waals surface area contributed by atoms with Crippen LogP contribution in [0.15, 0.2) is 35.5 Å². The summed E-state index contributed by atoms with van der Waals surface area (Å²) in [6, 6.07) is 8.49. The van der Waals surface area contributed by atoms with Gasteiger partial charge in [0.05, 0.1) is 5.75 Å². The fraction of sp³-hybridized carbons (Fsp3) is 0.400. The van der Waals surface area contributed by atoms with Crippen molar-refractivity contribution in [1.82, 2.24) is 20.3 Å². The molecule has 0 saturated carbocycles. The minimum Gasteiger partial charge on any atom is -0.444 e. The van der Waals surface area contributed by atoms with Crippen LogP contribution in [-0.2, 0) is 20.3 Å². The largest absolute Gasteiger partial charge is 0.444 e. The number of nitrogen functional groups attached to an aromatic ring is 1. The number of carbonyl (C=O) groups excluding carboxylic acids is 1. The predicted octanol–water partition coefficient (Wildman–Crippen LogP) is 2.97. The van der Waals surface area contributed by atoms with E-state index in [0.717, 1.165) is 11.3 Å². The Morgan fingerprint density at radius 1 is 1.19 bits per heavy atom. The first kappa shape index (κ1) is 23.7. The zero-order chi connectivity index (χ0) is 23.5. The van der Waals surface area contributed by atoms with E-state index >= 15 is 0 Å². The molecule has 2 aromatic heterocycles. The molecule has 10 nitrogen and oxygen atoms in total. The summed E-state index contributed by atoms with van der Waals surface area (Å²) >= 11 is 1.15. The Morgan fingerprint density at radius 2 is 1.88 bits per heavy atom. The molecule has 1 atom stereocenters. The number of carbonyl (C=O) groups is 1. The number of aromatic nitrogens is 3. The summed E-state index contributed by atoms with van der Waals surface area (Å²) in [5.41, 5.74) is 6.03. The van der Waals surface area contributed by atoms with E-state index in [4.69, 9.17) is 10.5 Å². The van der Waals surface area contributed by atoms with E-state index in [-0.39, 0.29) is 40.1 Å². The van der Waals surface area contributed by atoms with E-state index in [1.54, 1.807) is 45.0 Å². The third kappa shape index (κ3) is 6.26. The molecule has 0 radical (unpaired) electrons. The van der Waals surface area contributed by atoms with E-state index in [1.807, 2.05) is 13.0 Å². The van der Waals surface area contributed by atoms with Gasteiger partial charge in [0, 0.05) is 12.6 Å². The first-order valence-electron chi connectivity index (χ1n) is 9.87. The Balaban J connectivity index is 1.82. The second kappa shape index (κ2) is 9.25. The number of rotatable bonds is 7. The van der Waals surface area contributed by atoms with Crippen molar-refractivity contribution >= 4 is 48.6 Å². The number of ether oxygens (including phenoxy) is 1. The molecule has 0 unspecified atom stereocenters. The van der Waals surface area contributed by atoms with Gasteiger partial charge in [-0.1, -0.05) is 41.7 Å². The highest BCUT2D eigenvalue weighted by molar-refractivity contribution is 7.90. The van der Waals surface area contributed by atoms with Gasteiger partial charge in [-0.2, -0.15) is 9.97 Å². The van der Waals surface area contributed by atoms with Gasteiger partial charge in [-0.15, -0.1) is 0 Å². The van der Waals surface area contributed by atoms with Crippen LogP contribution >= 0.6 is 11.3 Å². The van der Waals surface area contributed by atoms with Crippen LogP contribution in [-0.4, -0.2) is 47.7 Å². The molecule has 1 amide bonds. The lowest BCUT2D eigenvalue weighted by Crippen LogP contribution is -2.38. The molecular formula is C20H26N6O4S2. The number of anilines is 2. The number of hydrogen-bond donors (Lipinski definition) is 3. The summed E-state index contributed by atoms with van der Waals surface area (Å²) in [7, 11) is -3.83. The van der Waals surface area contributed by atoms with Crippen molar-refractivity contribution in [3.63, 3.8) is 0 Å². The Hall–Kier alpha value is -2.99. The molecule has 0 aliphatic carbocycles. The minimum absolute atomic E-state index is 0.198.